The van der Waals surface area contributed by atoms with E-state index in [9.17, 15) is 9.90 Å². The van der Waals surface area contributed by atoms with Crippen LogP contribution in [-0.4, -0.2) is 12.2 Å². The van der Waals surface area contributed by atoms with Gasteiger partial charge in [0.15, 0.2) is 0 Å². The summed E-state index contributed by atoms with van der Waals surface area (Å²) in [4.78, 5) is 13.7. The average Bonchev–Trinajstić information content (AvgIpc) is 1.85. The SMILES string of the molecule is CC([O-])=NC(C)=C(C)C=O. The molecule has 0 saturated carbocycles. The molecule has 3 heteroatoms. The van der Waals surface area contributed by atoms with Crippen LogP contribution in [-0.2, 0) is 4.79 Å². The van der Waals surface area contributed by atoms with E-state index in [0.717, 1.165) is 0 Å². The molecule has 0 atom stereocenters. The molecule has 0 aromatic carbocycles. The molecule has 0 saturated heterocycles. The Hall–Kier alpha value is -1.12. The van der Waals surface area contributed by atoms with E-state index in [2.05, 4.69) is 4.99 Å². The zero-order valence-electron chi connectivity index (χ0n) is 6.34. The molecule has 0 amide bonds. The van der Waals surface area contributed by atoms with Gasteiger partial charge in [-0.2, -0.15) is 0 Å². The van der Waals surface area contributed by atoms with Crippen LogP contribution in [0.15, 0.2) is 16.3 Å². The Balaban J connectivity index is 4.48. The summed E-state index contributed by atoms with van der Waals surface area (Å²) in [6.45, 7) is 4.60. The van der Waals surface area contributed by atoms with Crippen LogP contribution in [0.4, 0.5) is 0 Å². The lowest BCUT2D eigenvalue weighted by molar-refractivity contribution is -0.215. The standard InChI is InChI=1S/C7H11NO2/c1-5(4-9)6(2)8-7(3)10/h4H,1-3H3,(H,8,10)/p-1. The second-order valence-electron chi connectivity index (χ2n) is 2.02. The van der Waals surface area contributed by atoms with Gasteiger partial charge in [-0.05, 0) is 26.7 Å². The molecule has 0 aliphatic heterocycles. The summed E-state index contributed by atoms with van der Waals surface area (Å²) in [5.74, 6) is -0.279. The highest BCUT2D eigenvalue weighted by Gasteiger charge is 1.89. The van der Waals surface area contributed by atoms with Gasteiger partial charge in [-0.3, -0.25) is 9.79 Å². The van der Waals surface area contributed by atoms with Crippen LogP contribution in [0.25, 0.3) is 0 Å². The first kappa shape index (κ1) is 8.88. The molecule has 0 aliphatic rings. The molecular weight excluding hydrogens is 130 g/mol. The summed E-state index contributed by atoms with van der Waals surface area (Å²) >= 11 is 0. The number of carbonyl (C=O) groups excluding carboxylic acids is 1. The highest BCUT2D eigenvalue weighted by Crippen LogP contribution is 2.00. The van der Waals surface area contributed by atoms with E-state index in [0.29, 0.717) is 17.6 Å². The molecule has 0 N–H and O–H groups in total. The molecule has 0 radical (unpaired) electrons. The van der Waals surface area contributed by atoms with Gasteiger partial charge in [-0.15, -0.1) is 0 Å². The minimum atomic E-state index is -0.279. The van der Waals surface area contributed by atoms with E-state index in [-0.39, 0.29) is 5.90 Å². The Labute approximate surface area is 60.1 Å². The van der Waals surface area contributed by atoms with E-state index >= 15 is 0 Å². The smallest absolute Gasteiger partial charge is 0.147 e. The molecule has 0 rings (SSSR count). The Morgan fingerprint density at radius 3 is 2.20 bits per heavy atom. The van der Waals surface area contributed by atoms with Gasteiger partial charge in [0.1, 0.15) is 6.29 Å². The van der Waals surface area contributed by atoms with Gasteiger partial charge >= 0.3 is 0 Å². The van der Waals surface area contributed by atoms with E-state index in [1.54, 1.807) is 13.8 Å². The van der Waals surface area contributed by atoms with Crippen LogP contribution in [0.2, 0.25) is 0 Å². The van der Waals surface area contributed by atoms with Crippen molar-refractivity contribution >= 4 is 12.2 Å². The fourth-order valence-corrected chi connectivity index (χ4v) is 0.410. The van der Waals surface area contributed by atoms with Crippen molar-refractivity contribution in [2.75, 3.05) is 0 Å². The van der Waals surface area contributed by atoms with Crippen molar-refractivity contribution in [1.29, 1.82) is 0 Å². The number of nitrogens with zero attached hydrogens (tertiary/aromatic N) is 1. The van der Waals surface area contributed by atoms with Gasteiger partial charge in [0.25, 0.3) is 0 Å². The maximum absolute atomic E-state index is 10.4. The van der Waals surface area contributed by atoms with Crippen LogP contribution in [0.3, 0.4) is 0 Å². The van der Waals surface area contributed by atoms with Crippen LogP contribution < -0.4 is 5.11 Å². The van der Waals surface area contributed by atoms with Gasteiger partial charge in [-0.1, -0.05) is 0 Å². The number of hydrogen-bond acceptors (Lipinski definition) is 3. The topological polar surface area (TPSA) is 52.5 Å². The number of carbonyl (C=O) groups is 1. The second-order valence-corrected chi connectivity index (χ2v) is 2.02. The number of rotatable bonds is 2. The summed E-state index contributed by atoms with van der Waals surface area (Å²) in [5, 5.41) is 10.4. The van der Waals surface area contributed by atoms with E-state index in [4.69, 9.17) is 0 Å². The zero-order valence-corrected chi connectivity index (χ0v) is 6.34. The molecule has 0 aliphatic carbocycles. The predicted molar refractivity (Wildman–Crippen MR) is 37.5 cm³/mol. The molecule has 0 bridgehead atoms. The van der Waals surface area contributed by atoms with Crippen LogP contribution in [0, 0.1) is 0 Å². The highest BCUT2D eigenvalue weighted by atomic mass is 16.3. The minimum absolute atomic E-state index is 0.279. The maximum Gasteiger partial charge on any atom is 0.147 e. The van der Waals surface area contributed by atoms with E-state index in [1.807, 2.05) is 0 Å². The first-order chi connectivity index (χ1) is 4.57. The average molecular weight is 140 g/mol. The molecule has 0 fully saturated rings. The van der Waals surface area contributed by atoms with Crippen molar-refractivity contribution in [2.45, 2.75) is 20.8 Å². The van der Waals surface area contributed by atoms with E-state index < -0.39 is 0 Å². The number of aliphatic imine (C=N–C) groups is 1. The quantitative estimate of drug-likeness (QED) is 0.239. The molecule has 0 aromatic rings. The van der Waals surface area contributed by atoms with Crippen molar-refractivity contribution in [3.63, 3.8) is 0 Å². The van der Waals surface area contributed by atoms with Gasteiger partial charge in [0.2, 0.25) is 0 Å². The summed E-state index contributed by atoms with van der Waals surface area (Å²) in [6.07, 6.45) is 0.682. The fraction of sp³-hybridized carbons (Fsp3) is 0.429. The Morgan fingerprint density at radius 1 is 1.40 bits per heavy atom. The number of aldehydes is 1. The summed E-state index contributed by atoms with van der Waals surface area (Å²) < 4.78 is 0. The minimum Gasteiger partial charge on any atom is -0.862 e. The lowest BCUT2D eigenvalue weighted by Gasteiger charge is -2.02. The molecular formula is C7H10NO2-. The lowest BCUT2D eigenvalue weighted by Crippen LogP contribution is -2.11. The summed E-state index contributed by atoms with van der Waals surface area (Å²) in [5.41, 5.74) is 0.984. The number of allylic oxidation sites excluding steroid dienone is 2. The Morgan fingerprint density at radius 2 is 1.90 bits per heavy atom. The van der Waals surface area contributed by atoms with Gasteiger partial charge in [0.05, 0.1) is 0 Å². The summed E-state index contributed by atoms with van der Waals surface area (Å²) in [6, 6.07) is 0. The van der Waals surface area contributed by atoms with Crippen LogP contribution in [0.5, 0.6) is 0 Å². The van der Waals surface area contributed by atoms with Crippen molar-refractivity contribution in [3.05, 3.63) is 11.3 Å². The predicted octanol–water partition coefficient (Wildman–Crippen LogP) is 0.258. The highest BCUT2D eigenvalue weighted by molar-refractivity contribution is 5.75. The number of hydrogen-bond donors (Lipinski definition) is 0. The fourth-order valence-electron chi connectivity index (χ4n) is 0.410. The molecule has 0 spiro atoms. The second kappa shape index (κ2) is 3.82. The monoisotopic (exact) mass is 140 g/mol. The molecule has 0 aromatic heterocycles. The molecule has 3 nitrogen and oxygen atoms in total. The van der Waals surface area contributed by atoms with Crippen molar-refractivity contribution in [2.24, 2.45) is 4.99 Å². The molecule has 0 heterocycles. The third kappa shape index (κ3) is 3.02. The van der Waals surface area contributed by atoms with Crippen LogP contribution >= 0.6 is 0 Å². The Bertz CT molecular complexity index is 188. The van der Waals surface area contributed by atoms with Crippen molar-refractivity contribution in [3.8, 4) is 0 Å². The van der Waals surface area contributed by atoms with E-state index in [1.165, 1.54) is 6.92 Å². The van der Waals surface area contributed by atoms with Crippen molar-refractivity contribution in [1.82, 2.24) is 0 Å². The zero-order chi connectivity index (χ0) is 8.15. The third-order valence-electron chi connectivity index (χ3n) is 1.07. The summed E-state index contributed by atoms with van der Waals surface area (Å²) in [7, 11) is 0. The van der Waals surface area contributed by atoms with Gasteiger partial charge < -0.3 is 5.11 Å². The third-order valence-corrected chi connectivity index (χ3v) is 1.07. The van der Waals surface area contributed by atoms with Crippen molar-refractivity contribution < 1.29 is 9.90 Å². The largest absolute Gasteiger partial charge is 0.862 e. The first-order valence-electron chi connectivity index (χ1n) is 2.93. The Kier molecular flexibility index (Phi) is 3.39. The van der Waals surface area contributed by atoms with Crippen LogP contribution in [0.1, 0.15) is 20.8 Å². The molecule has 56 valence electrons. The van der Waals surface area contributed by atoms with Gasteiger partial charge in [0, 0.05) is 11.3 Å². The maximum atomic E-state index is 10.4. The normalized spacial score (nSPS) is 14.5. The first-order valence-corrected chi connectivity index (χ1v) is 2.93. The molecule has 10 heavy (non-hydrogen) atoms. The molecule has 0 unspecified atom stereocenters. The lowest BCUT2D eigenvalue weighted by atomic mass is 10.3. The van der Waals surface area contributed by atoms with Gasteiger partial charge in [-0.25, -0.2) is 0 Å².